The van der Waals surface area contributed by atoms with E-state index in [4.69, 9.17) is 34.8 Å². The maximum absolute atomic E-state index is 12.1. The molecule has 8 heteroatoms. The van der Waals surface area contributed by atoms with Gasteiger partial charge < -0.3 is 10.1 Å². The molecule has 1 heterocycles. The van der Waals surface area contributed by atoms with E-state index in [2.05, 4.69) is 15.2 Å². The van der Waals surface area contributed by atoms with Gasteiger partial charge in [0.25, 0.3) is 5.56 Å². The summed E-state index contributed by atoms with van der Waals surface area (Å²) in [5, 5.41) is 19.4. The first kappa shape index (κ1) is 15.8. The molecule has 2 aromatic carbocycles. The minimum absolute atomic E-state index is 0.217. The van der Waals surface area contributed by atoms with Gasteiger partial charge in [0, 0.05) is 5.39 Å². The fraction of sp³-hybridized carbons (Fsp3) is 0. The van der Waals surface area contributed by atoms with Crippen molar-refractivity contribution in [2.45, 2.75) is 0 Å². The highest BCUT2D eigenvalue weighted by Crippen LogP contribution is 2.34. The second kappa shape index (κ2) is 6.20. The van der Waals surface area contributed by atoms with E-state index in [0.717, 1.165) is 0 Å². The quantitative estimate of drug-likeness (QED) is 0.577. The lowest BCUT2D eigenvalue weighted by Crippen LogP contribution is -2.05. The van der Waals surface area contributed by atoms with Crippen LogP contribution in [0, 0.1) is 0 Å². The normalized spacial score (nSPS) is 11.4. The number of hydrogen-bond acceptors (Lipinski definition) is 4. The number of aromatic nitrogens is 1. The van der Waals surface area contributed by atoms with Gasteiger partial charge in [0.05, 0.1) is 26.3 Å². The maximum atomic E-state index is 12.1. The summed E-state index contributed by atoms with van der Waals surface area (Å²) in [7, 11) is 0. The van der Waals surface area contributed by atoms with Crippen LogP contribution < -0.4 is 5.56 Å². The summed E-state index contributed by atoms with van der Waals surface area (Å²) in [6.45, 7) is 0. The van der Waals surface area contributed by atoms with Crippen molar-refractivity contribution in [1.82, 2.24) is 4.98 Å². The topological polar surface area (TPSA) is 77.8 Å². The molecular weight excluding hydrogens is 361 g/mol. The van der Waals surface area contributed by atoms with Crippen LogP contribution in [0.3, 0.4) is 0 Å². The van der Waals surface area contributed by atoms with Crippen molar-refractivity contribution in [2.24, 2.45) is 10.2 Å². The first-order valence-corrected chi connectivity index (χ1v) is 7.51. The number of benzene rings is 2. The number of aromatic hydroxyl groups is 1. The standard InChI is InChI=1S/C15H8Cl3N3O2/c16-9-5-4-7(6-11(9)18)20-21-13-14(22)8-2-1-3-10(17)12(8)19-15(13)23/h1-6H,(H2,19,22,23). The van der Waals surface area contributed by atoms with E-state index in [0.29, 0.717) is 31.7 Å². The Morgan fingerprint density at radius 3 is 2.48 bits per heavy atom. The molecule has 3 rings (SSSR count). The summed E-state index contributed by atoms with van der Waals surface area (Å²) in [6.07, 6.45) is 0. The Hall–Kier alpha value is -2.08. The monoisotopic (exact) mass is 367 g/mol. The van der Waals surface area contributed by atoms with E-state index in [9.17, 15) is 9.90 Å². The fourth-order valence-electron chi connectivity index (χ4n) is 2.00. The number of fused-ring (bicyclic) bond motifs is 1. The van der Waals surface area contributed by atoms with Crippen LogP contribution in [0.25, 0.3) is 10.9 Å². The third-order valence-electron chi connectivity index (χ3n) is 3.12. The molecule has 0 spiro atoms. The van der Waals surface area contributed by atoms with Gasteiger partial charge in [0.15, 0.2) is 11.4 Å². The number of para-hydroxylation sites is 1. The summed E-state index contributed by atoms with van der Waals surface area (Å²) in [6, 6.07) is 9.52. The summed E-state index contributed by atoms with van der Waals surface area (Å²) in [4.78, 5) is 14.6. The van der Waals surface area contributed by atoms with Crippen LogP contribution in [-0.4, -0.2) is 10.1 Å². The lowest BCUT2D eigenvalue weighted by Gasteiger charge is -2.04. The van der Waals surface area contributed by atoms with Gasteiger partial charge in [0.1, 0.15) is 0 Å². The molecule has 0 atom stereocenters. The summed E-state index contributed by atoms with van der Waals surface area (Å²) < 4.78 is 0. The van der Waals surface area contributed by atoms with Crippen molar-refractivity contribution in [2.75, 3.05) is 0 Å². The number of nitrogens with zero attached hydrogens (tertiary/aromatic N) is 2. The number of H-pyrrole nitrogens is 1. The third kappa shape index (κ3) is 3.03. The van der Waals surface area contributed by atoms with E-state index in [-0.39, 0.29) is 11.4 Å². The Morgan fingerprint density at radius 2 is 1.74 bits per heavy atom. The Labute approximate surface area is 145 Å². The van der Waals surface area contributed by atoms with Crippen molar-refractivity contribution in [3.05, 3.63) is 61.8 Å². The highest BCUT2D eigenvalue weighted by molar-refractivity contribution is 6.42. The van der Waals surface area contributed by atoms with Gasteiger partial charge in [-0.05, 0) is 30.3 Å². The zero-order chi connectivity index (χ0) is 16.6. The molecule has 0 aliphatic rings. The largest absolute Gasteiger partial charge is 0.505 e. The first-order chi connectivity index (χ1) is 11.0. The van der Waals surface area contributed by atoms with E-state index in [1.165, 1.54) is 6.07 Å². The molecule has 5 nitrogen and oxygen atoms in total. The van der Waals surface area contributed by atoms with E-state index < -0.39 is 5.56 Å². The molecule has 0 bridgehead atoms. The summed E-state index contributed by atoms with van der Waals surface area (Å²) in [5.74, 6) is -0.296. The van der Waals surface area contributed by atoms with Crippen molar-refractivity contribution in [3.8, 4) is 5.75 Å². The Balaban J connectivity index is 2.11. The van der Waals surface area contributed by atoms with E-state index in [1.807, 2.05) is 0 Å². The third-order valence-corrected chi connectivity index (χ3v) is 4.17. The second-order valence-corrected chi connectivity index (χ2v) is 5.83. The molecule has 0 aliphatic carbocycles. The van der Waals surface area contributed by atoms with Crippen LogP contribution in [0.1, 0.15) is 0 Å². The van der Waals surface area contributed by atoms with Gasteiger partial charge in [0.2, 0.25) is 0 Å². The molecule has 0 radical (unpaired) electrons. The highest BCUT2D eigenvalue weighted by atomic mass is 35.5. The predicted octanol–water partition coefficient (Wildman–Crippen LogP) is 5.61. The van der Waals surface area contributed by atoms with E-state index in [1.54, 1.807) is 30.3 Å². The second-order valence-electron chi connectivity index (χ2n) is 4.61. The highest BCUT2D eigenvalue weighted by Gasteiger charge is 2.13. The fourth-order valence-corrected chi connectivity index (χ4v) is 2.52. The Morgan fingerprint density at radius 1 is 0.957 bits per heavy atom. The molecule has 2 N–H and O–H groups in total. The minimum atomic E-state index is -0.605. The van der Waals surface area contributed by atoms with Crippen LogP contribution in [-0.2, 0) is 0 Å². The molecule has 116 valence electrons. The number of hydrogen-bond donors (Lipinski definition) is 2. The lowest BCUT2D eigenvalue weighted by atomic mass is 10.2. The van der Waals surface area contributed by atoms with Gasteiger partial charge in [-0.2, -0.15) is 5.11 Å². The zero-order valence-electron chi connectivity index (χ0n) is 11.3. The smallest absolute Gasteiger partial charge is 0.280 e. The predicted molar refractivity (Wildman–Crippen MR) is 91.9 cm³/mol. The van der Waals surface area contributed by atoms with Crippen molar-refractivity contribution < 1.29 is 5.11 Å². The van der Waals surface area contributed by atoms with Gasteiger partial charge in [-0.1, -0.05) is 40.9 Å². The van der Waals surface area contributed by atoms with Crippen molar-refractivity contribution in [3.63, 3.8) is 0 Å². The van der Waals surface area contributed by atoms with Crippen molar-refractivity contribution >= 4 is 57.1 Å². The molecule has 0 saturated heterocycles. The lowest BCUT2D eigenvalue weighted by molar-refractivity contribution is 0.481. The maximum Gasteiger partial charge on any atom is 0.280 e. The summed E-state index contributed by atoms with van der Waals surface area (Å²) in [5.41, 5.74) is -0.0905. The molecule has 0 saturated carbocycles. The number of azo groups is 1. The average Bonchev–Trinajstić information content (AvgIpc) is 2.52. The van der Waals surface area contributed by atoms with E-state index >= 15 is 0 Å². The molecule has 3 aromatic rings. The first-order valence-electron chi connectivity index (χ1n) is 6.37. The Bertz CT molecular complexity index is 999. The molecular formula is C15H8Cl3N3O2. The number of nitrogens with one attached hydrogen (secondary N) is 1. The number of pyridine rings is 1. The van der Waals surface area contributed by atoms with Gasteiger partial charge in [-0.15, -0.1) is 5.11 Å². The van der Waals surface area contributed by atoms with Crippen molar-refractivity contribution in [1.29, 1.82) is 0 Å². The van der Waals surface area contributed by atoms with Crippen LogP contribution in [0.5, 0.6) is 5.75 Å². The zero-order valence-corrected chi connectivity index (χ0v) is 13.6. The summed E-state index contributed by atoms with van der Waals surface area (Å²) >= 11 is 17.7. The molecule has 0 fully saturated rings. The van der Waals surface area contributed by atoms with Crippen LogP contribution >= 0.6 is 34.8 Å². The SMILES string of the molecule is O=c1[nH]c2c(Cl)cccc2c(O)c1N=Nc1ccc(Cl)c(Cl)c1. The number of aromatic amines is 1. The molecule has 0 amide bonds. The molecule has 0 aliphatic heterocycles. The molecule has 1 aromatic heterocycles. The van der Waals surface area contributed by atoms with Gasteiger partial charge in [-0.25, -0.2) is 0 Å². The van der Waals surface area contributed by atoms with Gasteiger partial charge in [-0.3, -0.25) is 4.79 Å². The van der Waals surface area contributed by atoms with Crippen LogP contribution in [0.2, 0.25) is 15.1 Å². The number of halogens is 3. The molecule has 0 unspecified atom stereocenters. The Kier molecular flexibility index (Phi) is 4.26. The molecule has 23 heavy (non-hydrogen) atoms. The minimum Gasteiger partial charge on any atom is -0.505 e. The van der Waals surface area contributed by atoms with Gasteiger partial charge >= 0.3 is 0 Å². The van der Waals surface area contributed by atoms with Crippen LogP contribution in [0.15, 0.2) is 51.4 Å². The average molecular weight is 369 g/mol. The number of rotatable bonds is 2. The van der Waals surface area contributed by atoms with Crippen LogP contribution in [0.4, 0.5) is 11.4 Å².